The van der Waals surface area contributed by atoms with E-state index in [1.165, 1.54) is 11.3 Å². The van der Waals surface area contributed by atoms with Gasteiger partial charge < -0.3 is 15.5 Å². The van der Waals surface area contributed by atoms with Gasteiger partial charge in [-0.1, -0.05) is 12.1 Å². The Hall–Kier alpha value is -3.45. The van der Waals surface area contributed by atoms with Crippen LogP contribution in [-0.4, -0.2) is 24.3 Å². The standard InChI is InChI=1S/C22H19N3O3S/c26-20-7-2-12-25(20)18-10-8-16(9-11-18)23-21(27)15-4-1-5-17(14-15)24-22(28)19-6-3-13-29-19/h1,3-6,8-11,13-14H,2,7,12H2,(H,23,27)(H,24,28). The van der Waals surface area contributed by atoms with E-state index >= 15 is 0 Å². The molecule has 3 aromatic rings. The van der Waals surface area contributed by atoms with E-state index in [0.29, 0.717) is 28.2 Å². The molecule has 0 saturated carbocycles. The molecule has 1 fully saturated rings. The first kappa shape index (κ1) is 18.9. The van der Waals surface area contributed by atoms with Crippen LogP contribution >= 0.6 is 11.3 Å². The van der Waals surface area contributed by atoms with Gasteiger partial charge in [0.1, 0.15) is 0 Å². The van der Waals surface area contributed by atoms with E-state index in [-0.39, 0.29) is 17.7 Å². The average molecular weight is 405 g/mol. The van der Waals surface area contributed by atoms with Crippen molar-refractivity contribution in [3.8, 4) is 0 Å². The minimum atomic E-state index is -0.276. The fourth-order valence-electron chi connectivity index (χ4n) is 3.19. The van der Waals surface area contributed by atoms with Gasteiger partial charge in [-0.3, -0.25) is 14.4 Å². The largest absolute Gasteiger partial charge is 0.322 e. The molecule has 4 rings (SSSR count). The van der Waals surface area contributed by atoms with E-state index < -0.39 is 0 Å². The van der Waals surface area contributed by atoms with Gasteiger partial charge in [-0.05, 0) is 60.3 Å². The number of benzene rings is 2. The second kappa shape index (κ2) is 8.28. The molecular weight excluding hydrogens is 386 g/mol. The van der Waals surface area contributed by atoms with Gasteiger partial charge in [-0.15, -0.1) is 11.3 Å². The number of rotatable bonds is 5. The second-order valence-corrected chi connectivity index (χ2v) is 7.61. The van der Waals surface area contributed by atoms with Crippen molar-refractivity contribution >= 4 is 46.1 Å². The van der Waals surface area contributed by atoms with Gasteiger partial charge in [-0.2, -0.15) is 0 Å². The zero-order chi connectivity index (χ0) is 20.2. The number of hydrogen-bond acceptors (Lipinski definition) is 4. The fourth-order valence-corrected chi connectivity index (χ4v) is 3.81. The van der Waals surface area contributed by atoms with Crippen molar-refractivity contribution in [1.82, 2.24) is 0 Å². The maximum atomic E-state index is 12.6. The van der Waals surface area contributed by atoms with Crippen LogP contribution in [0.15, 0.2) is 66.0 Å². The maximum absolute atomic E-state index is 12.6. The molecule has 2 heterocycles. The Morgan fingerprint density at radius 3 is 2.38 bits per heavy atom. The van der Waals surface area contributed by atoms with E-state index in [4.69, 9.17) is 0 Å². The van der Waals surface area contributed by atoms with Crippen LogP contribution in [0.2, 0.25) is 0 Å². The minimum Gasteiger partial charge on any atom is -0.322 e. The molecule has 7 heteroatoms. The Bertz CT molecular complexity index is 1050. The molecule has 1 aliphatic rings. The summed E-state index contributed by atoms with van der Waals surface area (Å²) in [6.07, 6.45) is 1.45. The number of carbonyl (C=O) groups excluding carboxylic acids is 3. The fraction of sp³-hybridized carbons (Fsp3) is 0.136. The summed E-state index contributed by atoms with van der Waals surface area (Å²) < 4.78 is 0. The van der Waals surface area contributed by atoms with Crippen molar-refractivity contribution in [3.63, 3.8) is 0 Å². The highest BCUT2D eigenvalue weighted by Gasteiger charge is 2.21. The Kier molecular flexibility index (Phi) is 5.39. The van der Waals surface area contributed by atoms with Crippen LogP contribution in [0.5, 0.6) is 0 Å². The number of hydrogen-bond donors (Lipinski definition) is 2. The SMILES string of the molecule is O=C(Nc1ccc(N2CCCC2=O)cc1)c1cccc(NC(=O)c2cccs2)c1. The summed E-state index contributed by atoms with van der Waals surface area (Å²) >= 11 is 1.36. The van der Waals surface area contributed by atoms with Crippen molar-refractivity contribution in [2.45, 2.75) is 12.8 Å². The van der Waals surface area contributed by atoms with Crippen molar-refractivity contribution in [2.75, 3.05) is 22.1 Å². The number of carbonyl (C=O) groups is 3. The third kappa shape index (κ3) is 4.35. The van der Waals surface area contributed by atoms with Gasteiger partial charge in [0, 0.05) is 35.6 Å². The lowest BCUT2D eigenvalue weighted by molar-refractivity contribution is -0.117. The van der Waals surface area contributed by atoms with Gasteiger partial charge in [0.15, 0.2) is 0 Å². The zero-order valence-electron chi connectivity index (χ0n) is 15.6. The number of nitrogens with one attached hydrogen (secondary N) is 2. The first-order valence-electron chi connectivity index (χ1n) is 9.27. The van der Waals surface area contributed by atoms with Crippen molar-refractivity contribution in [1.29, 1.82) is 0 Å². The summed E-state index contributed by atoms with van der Waals surface area (Å²) in [5.41, 5.74) is 2.47. The highest BCUT2D eigenvalue weighted by Crippen LogP contribution is 2.23. The van der Waals surface area contributed by atoms with Crippen LogP contribution in [0.3, 0.4) is 0 Å². The predicted molar refractivity (Wildman–Crippen MR) is 115 cm³/mol. The molecule has 1 aromatic heterocycles. The molecule has 0 atom stereocenters. The van der Waals surface area contributed by atoms with Crippen LogP contribution in [0, 0.1) is 0 Å². The first-order chi connectivity index (χ1) is 14.1. The normalized spacial score (nSPS) is 13.4. The van der Waals surface area contributed by atoms with Gasteiger partial charge in [0.2, 0.25) is 5.91 Å². The lowest BCUT2D eigenvalue weighted by Gasteiger charge is -2.16. The molecular formula is C22H19N3O3S. The van der Waals surface area contributed by atoms with Crippen molar-refractivity contribution in [3.05, 3.63) is 76.5 Å². The average Bonchev–Trinajstić information content (AvgIpc) is 3.41. The van der Waals surface area contributed by atoms with Crippen LogP contribution in [-0.2, 0) is 4.79 Å². The molecule has 0 unspecified atom stereocenters. The van der Waals surface area contributed by atoms with Crippen LogP contribution in [0.25, 0.3) is 0 Å². The van der Waals surface area contributed by atoms with Gasteiger partial charge in [-0.25, -0.2) is 0 Å². The molecule has 0 bridgehead atoms. The predicted octanol–water partition coefficient (Wildman–Crippen LogP) is 4.38. The van der Waals surface area contributed by atoms with E-state index in [0.717, 1.165) is 18.7 Å². The smallest absolute Gasteiger partial charge is 0.265 e. The van der Waals surface area contributed by atoms with Crippen LogP contribution in [0.1, 0.15) is 32.9 Å². The molecule has 1 aliphatic heterocycles. The Morgan fingerprint density at radius 2 is 1.69 bits per heavy atom. The summed E-state index contributed by atoms with van der Waals surface area (Å²) in [6.45, 7) is 0.731. The molecule has 29 heavy (non-hydrogen) atoms. The van der Waals surface area contributed by atoms with Crippen molar-refractivity contribution < 1.29 is 14.4 Å². The monoisotopic (exact) mass is 405 g/mol. The third-order valence-corrected chi connectivity index (χ3v) is 5.51. The molecule has 6 nitrogen and oxygen atoms in total. The summed E-state index contributed by atoms with van der Waals surface area (Å²) in [4.78, 5) is 39.0. The molecule has 146 valence electrons. The topological polar surface area (TPSA) is 78.5 Å². The third-order valence-electron chi connectivity index (χ3n) is 4.64. The van der Waals surface area contributed by atoms with E-state index in [2.05, 4.69) is 10.6 Å². The maximum Gasteiger partial charge on any atom is 0.265 e. The lowest BCUT2D eigenvalue weighted by atomic mass is 10.1. The Labute approximate surface area is 172 Å². The molecule has 1 saturated heterocycles. The lowest BCUT2D eigenvalue weighted by Crippen LogP contribution is -2.23. The Balaban J connectivity index is 1.42. The summed E-state index contributed by atoms with van der Waals surface area (Å²) in [5.74, 6) is -0.352. The highest BCUT2D eigenvalue weighted by atomic mass is 32.1. The Morgan fingerprint density at radius 1 is 0.897 bits per heavy atom. The molecule has 2 N–H and O–H groups in total. The second-order valence-electron chi connectivity index (χ2n) is 6.66. The first-order valence-corrected chi connectivity index (χ1v) is 10.1. The molecule has 3 amide bonds. The quantitative estimate of drug-likeness (QED) is 0.661. The molecule has 0 aliphatic carbocycles. The molecule has 0 radical (unpaired) electrons. The number of amides is 3. The van der Waals surface area contributed by atoms with Gasteiger partial charge in [0.25, 0.3) is 11.8 Å². The molecule has 0 spiro atoms. The molecule has 2 aromatic carbocycles. The number of anilines is 3. The van der Waals surface area contributed by atoms with Gasteiger partial charge >= 0.3 is 0 Å². The van der Waals surface area contributed by atoms with E-state index in [9.17, 15) is 14.4 Å². The number of nitrogens with zero attached hydrogens (tertiary/aromatic N) is 1. The van der Waals surface area contributed by atoms with Gasteiger partial charge in [0.05, 0.1) is 4.88 Å². The zero-order valence-corrected chi connectivity index (χ0v) is 16.4. The number of thiophene rings is 1. The summed E-state index contributed by atoms with van der Waals surface area (Å²) in [5, 5.41) is 7.48. The highest BCUT2D eigenvalue weighted by molar-refractivity contribution is 7.12. The minimum absolute atomic E-state index is 0.128. The summed E-state index contributed by atoms with van der Waals surface area (Å²) in [7, 11) is 0. The van der Waals surface area contributed by atoms with Crippen LogP contribution in [0.4, 0.5) is 17.1 Å². The van der Waals surface area contributed by atoms with Crippen LogP contribution < -0.4 is 15.5 Å². The van der Waals surface area contributed by atoms with E-state index in [1.807, 2.05) is 23.6 Å². The summed E-state index contributed by atoms with van der Waals surface area (Å²) in [6, 6.07) is 17.6. The van der Waals surface area contributed by atoms with Crippen molar-refractivity contribution in [2.24, 2.45) is 0 Å². The van der Waals surface area contributed by atoms with E-state index in [1.54, 1.807) is 47.4 Å².